The van der Waals surface area contributed by atoms with Crippen LogP contribution in [0.25, 0.3) is 11.1 Å². The Morgan fingerprint density at radius 1 is 0.612 bits per heavy atom. The second-order valence-electron chi connectivity index (χ2n) is 22.2. The van der Waals surface area contributed by atoms with Gasteiger partial charge in [-0.3, -0.25) is 33.6 Å². The maximum Gasteiger partial charge on any atom is 0.490 e. The Kier molecular flexibility index (Phi) is 24.9. The van der Waals surface area contributed by atoms with E-state index >= 15 is 9.59 Å². The Morgan fingerprint density at radius 3 is 1.69 bits per heavy atom. The molecule has 11 rings (SSSR count). The molecule has 548 valence electrons. The Hall–Kier alpha value is -11.9. The largest absolute Gasteiger partial charge is 0.508 e. The average molecular weight is 1490 g/mol. The van der Waals surface area contributed by atoms with E-state index in [0.29, 0.717) is 17.8 Å². The summed E-state index contributed by atoms with van der Waals surface area (Å²) in [6.07, 6.45) is -15.4. The number of aliphatic hydroxyl groups excluding tert-OH is 2. The first-order chi connectivity index (χ1) is 48.2. The highest BCUT2D eigenvalue weighted by Gasteiger charge is 2.43. The molecule has 0 aliphatic carbocycles. The average Bonchev–Trinajstić information content (AvgIpc) is 0.769. The number of nitrogens with one attached hydrogen (secondary N) is 9. The Balaban J connectivity index is 0.000000961. The first kappa shape index (κ1) is 78.5. The third-order valence-corrected chi connectivity index (χ3v) is 15.7. The van der Waals surface area contributed by atoms with Gasteiger partial charge in [0.2, 0.25) is 47.1 Å². The number of fused-ring (bicyclic) bond motifs is 15. The zero-order valence-electron chi connectivity index (χ0n) is 52.6. The van der Waals surface area contributed by atoms with Gasteiger partial charge in [0.05, 0.1) is 22.5 Å². The summed E-state index contributed by atoms with van der Waals surface area (Å²) in [5, 5.41) is 116. The van der Waals surface area contributed by atoms with Crippen molar-refractivity contribution in [2.75, 3.05) is 18.9 Å². The number of hydrogen-bond acceptors (Lipinski definition) is 20. The molecule has 20 N–H and O–H groups in total. The molecule has 0 unspecified atom stereocenters. The van der Waals surface area contributed by atoms with E-state index in [4.69, 9.17) is 58.2 Å². The highest BCUT2D eigenvalue weighted by molar-refractivity contribution is 6.32. The summed E-state index contributed by atoms with van der Waals surface area (Å²) >= 11 is 13.6. The maximum absolute atomic E-state index is 15.5. The van der Waals surface area contributed by atoms with Gasteiger partial charge in [-0.2, -0.15) is 26.3 Å². The number of primary amides is 1. The molecule has 9 amide bonds. The molecule has 5 aliphatic rings. The summed E-state index contributed by atoms with van der Waals surface area (Å²) in [6.45, 7) is 2.07. The number of rotatable bonds is 10. The van der Waals surface area contributed by atoms with Crippen LogP contribution in [0.2, 0.25) is 10.0 Å². The molecule has 103 heavy (non-hydrogen) atoms. The van der Waals surface area contributed by atoms with Crippen LogP contribution in [0.1, 0.15) is 77.1 Å². The number of carboxylic acids is 3. The number of anilines is 1. The molecule has 40 heteroatoms. The highest BCUT2D eigenvalue weighted by Crippen LogP contribution is 2.48. The van der Waals surface area contributed by atoms with E-state index in [1.54, 1.807) is 31.2 Å². The lowest BCUT2D eigenvalue weighted by atomic mass is 9.89. The van der Waals surface area contributed by atoms with Crippen molar-refractivity contribution in [3.05, 3.63) is 147 Å². The van der Waals surface area contributed by atoms with Crippen molar-refractivity contribution in [2.45, 2.75) is 86.6 Å². The summed E-state index contributed by atoms with van der Waals surface area (Å²) in [4.78, 5) is 145. The number of halogens is 8. The number of phenols is 4. The van der Waals surface area contributed by atoms with Crippen LogP contribution in [0, 0.1) is 0 Å². The van der Waals surface area contributed by atoms with Crippen molar-refractivity contribution in [2.24, 2.45) is 5.73 Å². The molecule has 32 nitrogen and oxygen atoms in total. The molecule has 0 fully saturated rings. The predicted octanol–water partition coefficient (Wildman–Crippen LogP) is 4.00. The molecular formula is C63H58Cl2F6N10O22. The van der Waals surface area contributed by atoms with Gasteiger partial charge in [-0.1, -0.05) is 53.5 Å². The Labute approximate surface area is 584 Å². The number of hydrogen-bond donors (Lipinski definition) is 19. The lowest BCUT2D eigenvalue weighted by Gasteiger charge is -2.31. The molecule has 0 saturated heterocycles. The number of nitrogens with two attached hydrogens (primary N) is 1. The van der Waals surface area contributed by atoms with Crippen molar-refractivity contribution >= 4 is 94.2 Å². The fraction of sp³-hybridized carbons (Fsp3) is 0.254. The SMILES string of the molecule is CCNC(=O)Nc1cccc(C[C@@H](NC)C(=O)N[C@H]2C(=O)N[C@@H](CC(N)=O)C(=O)N[C@H]3C(=O)N[C@H]4C(=O)N[C@H](C(=O)N[C@H](C(=O)O)c5cc(O)cc(O)c5-c5cc4ccc5O)[C@H](O)c4ccc(c(Cl)c4)Oc4cc3cc(c4O)Oc3ccc(cc3Cl)[C@H]2O)c1.O=C(O)C(F)(F)F.O=C(O)C(F)(F)F. The molecule has 0 aromatic heterocycles. The van der Waals surface area contributed by atoms with E-state index in [9.17, 15) is 95.6 Å². The number of carbonyl (C=O) groups is 11. The number of amides is 9. The quantitative estimate of drug-likeness (QED) is 0.0862. The number of carboxylic acid groups (broad SMARTS) is 3. The zero-order chi connectivity index (χ0) is 76.4. The number of alkyl halides is 6. The van der Waals surface area contributed by atoms with Gasteiger partial charge < -0.3 is 109 Å². The lowest BCUT2D eigenvalue weighted by Crippen LogP contribution is -2.59. The fourth-order valence-corrected chi connectivity index (χ4v) is 10.6. The number of aromatic hydroxyl groups is 4. The topological polar surface area (TPSA) is 523 Å². The summed E-state index contributed by atoms with van der Waals surface area (Å²) in [6, 6.07) is 5.86. The van der Waals surface area contributed by atoms with Crippen molar-refractivity contribution in [1.82, 2.24) is 42.5 Å². The predicted molar refractivity (Wildman–Crippen MR) is 341 cm³/mol. The number of benzene rings is 6. The molecule has 6 aromatic rings. The van der Waals surface area contributed by atoms with Gasteiger partial charge in [0, 0.05) is 35.0 Å². The molecule has 9 atom stereocenters. The van der Waals surface area contributed by atoms with Crippen LogP contribution in [0.15, 0.2) is 103 Å². The highest BCUT2D eigenvalue weighted by atomic mass is 35.5. The molecule has 6 aromatic carbocycles. The number of urea groups is 1. The van der Waals surface area contributed by atoms with Crippen LogP contribution in [0.4, 0.5) is 36.8 Å². The molecule has 0 radical (unpaired) electrons. The number of likely N-dealkylation sites (N-methyl/N-ethyl adjacent to an activating group) is 1. The Bertz CT molecular complexity index is 4340. The van der Waals surface area contributed by atoms with E-state index < -0.39 is 190 Å². The molecule has 11 bridgehead atoms. The molecule has 5 heterocycles. The molecular weight excluding hydrogens is 1430 g/mol. The smallest absolute Gasteiger partial charge is 0.490 e. The van der Waals surface area contributed by atoms with Crippen LogP contribution >= 0.6 is 23.2 Å². The summed E-state index contributed by atoms with van der Waals surface area (Å²) < 4.78 is 75.8. The summed E-state index contributed by atoms with van der Waals surface area (Å²) in [7, 11) is 1.44. The minimum absolute atomic E-state index is 0.0603. The minimum Gasteiger partial charge on any atom is -0.508 e. The Morgan fingerprint density at radius 2 is 1.16 bits per heavy atom. The minimum atomic E-state index is -5.08. The molecule has 5 aliphatic heterocycles. The van der Waals surface area contributed by atoms with E-state index in [1.807, 2.05) is 0 Å². The van der Waals surface area contributed by atoms with Gasteiger partial charge in [-0.05, 0) is 115 Å². The van der Waals surface area contributed by atoms with E-state index in [0.717, 1.165) is 60.7 Å². The van der Waals surface area contributed by atoms with Crippen molar-refractivity contribution in [3.8, 4) is 57.1 Å². The lowest BCUT2D eigenvalue weighted by molar-refractivity contribution is -0.193. The monoisotopic (exact) mass is 1490 g/mol. The van der Waals surface area contributed by atoms with Gasteiger partial charge in [0.15, 0.2) is 17.5 Å². The second-order valence-corrected chi connectivity index (χ2v) is 23.1. The number of aliphatic hydroxyl groups is 2. The fourth-order valence-electron chi connectivity index (χ4n) is 10.2. The third kappa shape index (κ3) is 19.4. The van der Waals surface area contributed by atoms with Crippen LogP contribution in [-0.2, 0) is 54.4 Å². The summed E-state index contributed by atoms with van der Waals surface area (Å²) in [5.74, 6) is -20.9. The number of ether oxygens (including phenoxy) is 2. The zero-order valence-corrected chi connectivity index (χ0v) is 54.1. The van der Waals surface area contributed by atoms with Gasteiger partial charge >= 0.3 is 36.3 Å². The van der Waals surface area contributed by atoms with Gasteiger partial charge in [0.1, 0.15) is 71.2 Å². The summed E-state index contributed by atoms with van der Waals surface area (Å²) in [5.41, 5.74) is 4.11. The third-order valence-electron chi connectivity index (χ3n) is 15.1. The van der Waals surface area contributed by atoms with Crippen LogP contribution in [0.3, 0.4) is 0 Å². The van der Waals surface area contributed by atoms with E-state index in [2.05, 4.69) is 47.9 Å². The normalized spacial score (nSPS) is 19.8. The molecule has 0 saturated carbocycles. The van der Waals surface area contributed by atoms with Gasteiger partial charge in [-0.15, -0.1) is 0 Å². The van der Waals surface area contributed by atoms with Crippen molar-refractivity contribution < 1.29 is 135 Å². The maximum atomic E-state index is 15.5. The van der Waals surface area contributed by atoms with E-state index in [-0.39, 0.29) is 50.2 Å². The van der Waals surface area contributed by atoms with Crippen LogP contribution in [0.5, 0.6) is 46.0 Å². The van der Waals surface area contributed by atoms with Gasteiger partial charge in [0.25, 0.3) is 0 Å². The van der Waals surface area contributed by atoms with Gasteiger partial charge in [-0.25, -0.2) is 19.2 Å². The standard InChI is InChI=1S/C59H56Cl2N10O18.2C2HF3O2/c1-3-64-59(87)65-28-6-4-5-23(13-28)14-34(63-2)52(79)70-47-49(76)25-8-11-38(32(60)16-25)88-40-18-27-19-41(51(40)78)89-39-12-9-26(17-33(39)61)50(77)48-57(84)69-46(58(85)86)31-20-29(72)21-37(74)43(31)30-15-24(7-10-36(30)73)44(54(81)71-48)68-55(82)45(27)67-53(80)35(22-42(62)75)66-56(47)83;2*3-2(4,5)1(6)7/h4-13,15-21,34-35,44-50,63,72-74,76-78H,3,14,22H2,1-2H3,(H2,62,75)(H,66,83)(H,67,80)(H,68,82)(H,69,84)(H,70,79)(H,71,81)(H,85,86)(H2,64,65,87);2*(H,6,7)/t34-,35+,44-,45-,46+,47-,48+,49-,50-;;/m1../s1. The number of carbonyl (C=O) groups excluding carboxylic acids is 8. The van der Waals surface area contributed by atoms with E-state index in [1.165, 1.54) is 25.2 Å². The van der Waals surface area contributed by atoms with Crippen LogP contribution in [-0.4, -0.2) is 161 Å². The number of phenolic OH excluding ortho intramolecular Hbond substituents is 4. The molecule has 0 spiro atoms. The van der Waals surface area contributed by atoms with Crippen LogP contribution < -0.4 is 63.1 Å². The number of aliphatic carboxylic acids is 3. The second kappa shape index (κ2) is 32.6. The first-order valence-corrected chi connectivity index (χ1v) is 30.3. The van der Waals surface area contributed by atoms with Crippen molar-refractivity contribution in [3.63, 3.8) is 0 Å². The van der Waals surface area contributed by atoms with Crippen molar-refractivity contribution in [1.29, 1.82) is 0 Å². The first-order valence-electron chi connectivity index (χ1n) is 29.5.